The summed E-state index contributed by atoms with van der Waals surface area (Å²) in [7, 11) is 0. The second kappa shape index (κ2) is 6.83. The highest BCUT2D eigenvalue weighted by atomic mass is 35.5. The molecule has 27 heavy (non-hydrogen) atoms. The number of thiophene rings is 1. The second-order valence-electron chi connectivity index (χ2n) is 6.58. The van der Waals surface area contributed by atoms with Crippen molar-refractivity contribution in [2.75, 3.05) is 23.3 Å². The molecular formula is C19H17ClN6S. The smallest absolute Gasteiger partial charge is 0.186 e. The minimum atomic E-state index is 0.329. The van der Waals surface area contributed by atoms with E-state index in [1.807, 2.05) is 41.8 Å². The lowest BCUT2D eigenvalue weighted by Crippen LogP contribution is -2.26. The molecule has 4 aromatic rings. The summed E-state index contributed by atoms with van der Waals surface area (Å²) in [6.07, 6.45) is 1.05. The van der Waals surface area contributed by atoms with E-state index >= 15 is 0 Å². The van der Waals surface area contributed by atoms with Crippen LogP contribution in [0.1, 0.15) is 6.42 Å². The molecule has 1 fully saturated rings. The number of rotatable bonds is 4. The van der Waals surface area contributed by atoms with E-state index in [0.717, 1.165) is 53.1 Å². The van der Waals surface area contributed by atoms with Gasteiger partial charge in [-0.15, -0.1) is 15.3 Å². The maximum Gasteiger partial charge on any atom is 0.186 e. The molecular weight excluding hydrogens is 380 g/mol. The van der Waals surface area contributed by atoms with Crippen molar-refractivity contribution in [1.29, 1.82) is 0 Å². The van der Waals surface area contributed by atoms with Crippen molar-refractivity contribution in [2.24, 2.45) is 0 Å². The van der Waals surface area contributed by atoms with Crippen LogP contribution in [0, 0.1) is 0 Å². The molecule has 1 unspecified atom stereocenters. The summed E-state index contributed by atoms with van der Waals surface area (Å²) in [5, 5.41) is 21.6. The third kappa shape index (κ3) is 3.24. The van der Waals surface area contributed by atoms with Crippen molar-refractivity contribution >= 4 is 40.1 Å². The Bertz CT molecular complexity index is 1080. The number of hydrogen-bond acceptors (Lipinski definition) is 6. The molecule has 0 saturated carbocycles. The number of benzene rings is 1. The van der Waals surface area contributed by atoms with Crippen LogP contribution in [0.4, 0.5) is 11.5 Å². The van der Waals surface area contributed by atoms with Gasteiger partial charge < -0.3 is 10.2 Å². The van der Waals surface area contributed by atoms with Crippen LogP contribution < -0.4 is 10.2 Å². The van der Waals surface area contributed by atoms with Crippen LogP contribution in [0.3, 0.4) is 0 Å². The molecule has 1 aromatic carbocycles. The minimum absolute atomic E-state index is 0.329. The van der Waals surface area contributed by atoms with Crippen LogP contribution in [0.25, 0.3) is 17.0 Å². The molecule has 6 nitrogen and oxygen atoms in total. The molecule has 1 N–H and O–H groups in total. The first-order valence-corrected chi connectivity index (χ1v) is 10.1. The number of nitrogens with zero attached hydrogens (tertiary/aromatic N) is 5. The summed E-state index contributed by atoms with van der Waals surface area (Å²) < 4.78 is 1.80. The van der Waals surface area contributed by atoms with Crippen molar-refractivity contribution in [2.45, 2.75) is 12.5 Å². The largest absolute Gasteiger partial charge is 0.369 e. The third-order valence-corrected chi connectivity index (χ3v) is 5.67. The Labute approximate surface area is 165 Å². The molecule has 4 heterocycles. The Morgan fingerprint density at radius 3 is 2.96 bits per heavy atom. The van der Waals surface area contributed by atoms with Crippen LogP contribution in [0.5, 0.6) is 0 Å². The highest BCUT2D eigenvalue weighted by Crippen LogP contribution is 2.25. The van der Waals surface area contributed by atoms with E-state index in [4.69, 9.17) is 16.7 Å². The van der Waals surface area contributed by atoms with Crippen LogP contribution in [0.15, 0.2) is 53.2 Å². The van der Waals surface area contributed by atoms with E-state index in [1.54, 1.807) is 15.9 Å². The van der Waals surface area contributed by atoms with Gasteiger partial charge in [0, 0.05) is 40.8 Å². The average molecular weight is 397 g/mol. The second-order valence-corrected chi connectivity index (χ2v) is 7.80. The molecule has 8 heteroatoms. The topological polar surface area (TPSA) is 58.3 Å². The Balaban J connectivity index is 1.35. The van der Waals surface area contributed by atoms with Gasteiger partial charge in [0.15, 0.2) is 11.5 Å². The van der Waals surface area contributed by atoms with Crippen LogP contribution >= 0.6 is 22.9 Å². The summed E-state index contributed by atoms with van der Waals surface area (Å²) in [5.74, 6) is 1.60. The van der Waals surface area contributed by atoms with Gasteiger partial charge in [-0.3, -0.25) is 0 Å². The predicted octanol–water partition coefficient (Wildman–Crippen LogP) is 4.20. The lowest BCUT2D eigenvalue weighted by atomic mass is 10.2. The first kappa shape index (κ1) is 16.5. The quantitative estimate of drug-likeness (QED) is 0.560. The summed E-state index contributed by atoms with van der Waals surface area (Å²) in [6.45, 7) is 1.91. The van der Waals surface area contributed by atoms with Crippen molar-refractivity contribution < 1.29 is 0 Å². The van der Waals surface area contributed by atoms with Gasteiger partial charge in [0.05, 0.1) is 0 Å². The normalized spacial score (nSPS) is 16.9. The van der Waals surface area contributed by atoms with E-state index in [2.05, 4.69) is 31.9 Å². The molecule has 0 radical (unpaired) electrons. The molecule has 1 saturated heterocycles. The third-order valence-electron chi connectivity index (χ3n) is 4.76. The van der Waals surface area contributed by atoms with Gasteiger partial charge in [-0.25, -0.2) is 0 Å². The summed E-state index contributed by atoms with van der Waals surface area (Å²) in [4.78, 5) is 2.34. The fraction of sp³-hybridized carbons (Fsp3) is 0.211. The highest BCUT2D eigenvalue weighted by Gasteiger charge is 2.23. The van der Waals surface area contributed by atoms with Crippen molar-refractivity contribution in [3.63, 3.8) is 0 Å². The molecule has 1 aliphatic heterocycles. The first-order valence-electron chi connectivity index (χ1n) is 8.78. The Morgan fingerprint density at radius 1 is 1.15 bits per heavy atom. The number of nitrogens with one attached hydrogen (secondary N) is 1. The molecule has 1 atom stereocenters. The predicted molar refractivity (Wildman–Crippen MR) is 110 cm³/mol. The molecule has 0 spiro atoms. The van der Waals surface area contributed by atoms with Crippen molar-refractivity contribution in [3.05, 3.63) is 58.2 Å². The Hall–Kier alpha value is -2.64. The number of fused-ring (bicyclic) bond motifs is 1. The minimum Gasteiger partial charge on any atom is -0.369 e. The van der Waals surface area contributed by atoms with E-state index in [9.17, 15) is 0 Å². The van der Waals surface area contributed by atoms with E-state index in [1.165, 1.54) is 0 Å². The molecule has 0 bridgehead atoms. The zero-order valence-electron chi connectivity index (χ0n) is 14.4. The summed E-state index contributed by atoms with van der Waals surface area (Å²) in [5.41, 5.74) is 2.94. The van der Waals surface area contributed by atoms with E-state index in [0.29, 0.717) is 6.04 Å². The fourth-order valence-electron chi connectivity index (χ4n) is 3.43. The number of halogens is 1. The van der Waals surface area contributed by atoms with Gasteiger partial charge in [-0.2, -0.15) is 15.9 Å². The Morgan fingerprint density at radius 2 is 2.11 bits per heavy atom. The van der Waals surface area contributed by atoms with Crippen LogP contribution in [0.2, 0.25) is 5.02 Å². The molecule has 0 amide bonds. The number of anilines is 2. The lowest BCUT2D eigenvalue weighted by molar-refractivity contribution is 0.789. The van der Waals surface area contributed by atoms with Crippen LogP contribution in [-0.2, 0) is 0 Å². The zero-order chi connectivity index (χ0) is 18.2. The standard InChI is InChI=1S/C19H17ClN6S/c20-14-2-1-3-16(10-14)25-8-6-15(11-25)21-17-4-5-18-22-23-19(26(18)24-17)13-7-9-27-12-13/h1-5,7,9-10,12,15H,6,8,11H2,(H,21,24). The maximum atomic E-state index is 6.13. The Kier molecular flexibility index (Phi) is 4.18. The first-order chi connectivity index (χ1) is 13.3. The average Bonchev–Trinajstić information content (AvgIpc) is 3.42. The number of aromatic nitrogens is 4. The van der Waals surface area contributed by atoms with Crippen molar-refractivity contribution in [1.82, 2.24) is 19.8 Å². The molecule has 0 aliphatic carbocycles. The van der Waals surface area contributed by atoms with Crippen LogP contribution in [-0.4, -0.2) is 38.9 Å². The SMILES string of the molecule is Clc1cccc(N2CCC(Nc3ccc4nnc(-c5ccsc5)n4n3)C2)c1. The number of hydrogen-bond donors (Lipinski definition) is 1. The molecule has 136 valence electrons. The van der Waals surface area contributed by atoms with E-state index < -0.39 is 0 Å². The molecule has 3 aromatic heterocycles. The highest BCUT2D eigenvalue weighted by molar-refractivity contribution is 7.08. The fourth-order valence-corrected chi connectivity index (χ4v) is 4.25. The van der Waals surface area contributed by atoms with Gasteiger partial charge in [0.2, 0.25) is 0 Å². The van der Waals surface area contributed by atoms with Crippen molar-refractivity contribution in [3.8, 4) is 11.4 Å². The van der Waals surface area contributed by atoms with Gasteiger partial charge in [-0.05, 0) is 48.2 Å². The zero-order valence-corrected chi connectivity index (χ0v) is 16.0. The lowest BCUT2D eigenvalue weighted by Gasteiger charge is -2.19. The molecule has 5 rings (SSSR count). The summed E-state index contributed by atoms with van der Waals surface area (Å²) in [6, 6.07) is 14.3. The van der Waals surface area contributed by atoms with Gasteiger partial charge in [0.1, 0.15) is 5.82 Å². The van der Waals surface area contributed by atoms with Gasteiger partial charge >= 0.3 is 0 Å². The maximum absolute atomic E-state index is 6.13. The van der Waals surface area contributed by atoms with Gasteiger partial charge in [-0.1, -0.05) is 17.7 Å². The monoisotopic (exact) mass is 396 g/mol. The van der Waals surface area contributed by atoms with E-state index in [-0.39, 0.29) is 0 Å². The summed E-state index contributed by atoms with van der Waals surface area (Å²) >= 11 is 7.76. The van der Waals surface area contributed by atoms with Gasteiger partial charge in [0.25, 0.3) is 0 Å². The molecule has 1 aliphatic rings.